The lowest BCUT2D eigenvalue weighted by molar-refractivity contribution is -0.132. The molecule has 1 aromatic carbocycles. The number of nitrogens with two attached hydrogens (primary N) is 1. The summed E-state index contributed by atoms with van der Waals surface area (Å²) < 4.78 is 5.74. The number of carbonyl (C=O) groups is 1. The monoisotopic (exact) mass is 292 g/mol. The van der Waals surface area contributed by atoms with Crippen molar-refractivity contribution in [1.82, 2.24) is 4.90 Å². The van der Waals surface area contributed by atoms with E-state index in [1.807, 2.05) is 32.9 Å². The van der Waals surface area contributed by atoms with Crippen molar-refractivity contribution in [3.8, 4) is 5.75 Å². The molecule has 0 fully saturated rings. The van der Waals surface area contributed by atoms with Crippen LogP contribution in [0.2, 0.25) is 0 Å². The van der Waals surface area contributed by atoms with Crippen LogP contribution in [0.3, 0.4) is 0 Å². The lowest BCUT2D eigenvalue weighted by atomic mass is 10.0. The first-order chi connectivity index (χ1) is 10.0. The lowest BCUT2D eigenvalue weighted by Crippen LogP contribution is -2.34. The van der Waals surface area contributed by atoms with E-state index in [-0.39, 0.29) is 18.6 Å². The van der Waals surface area contributed by atoms with E-state index in [9.17, 15) is 4.79 Å². The zero-order valence-electron chi connectivity index (χ0n) is 13.7. The van der Waals surface area contributed by atoms with Crippen LogP contribution in [0, 0.1) is 6.92 Å². The number of hydrogen-bond acceptors (Lipinski definition) is 3. The van der Waals surface area contributed by atoms with Crippen LogP contribution in [0.5, 0.6) is 5.75 Å². The van der Waals surface area contributed by atoms with Gasteiger partial charge in [0, 0.05) is 19.1 Å². The summed E-state index contributed by atoms with van der Waals surface area (Å²) in [5.74, 6) is 0.788. The van der Waals surface area contributed by atoms with E-state index in [0.717, 1.165) is 24.2 Å². The largest absolute Gasteiger partial charge is 0.483 e. The highest BCUT2D eigenvalue weighted by atomic mass is 16.5. The van der Waals surface area contributed by atoms with Crippen molar-refractivity contribution in [2.45, 2.75) is 46.6 Å². The highest BCUT2D eigenvalue weighted by Crippen LogP contribution is 2.22. The third-order valence-corrected chi connectivity index (χ3v) is 3.69. The van der Waals surface area contributed by atoms with Crippen LogP contribution in [0.15, 0.2) is 18.2 Å². The molecular weight excluding hydrogens is 264 g/mol. The van der Waals surface area contributed by atoms with Gasteiger partial charge in [0.15, 0.2) is 6.61 Å². The summed E-state index contributed by atoms with van der Waals surface area (Å²) in [7, 11) is 0. The van der Waals surface area contributed by atoms with Gasteiger partial charge < -0.3 is 15.4 Å². The topological polar surface area (TPSA) is 55.6 Å². The minimum atomic E-state index is 0.0197. The summed E-state index contributed by atoms with van der Waals surface area (Å²) in [6, 6.07) is 6.14. The third-order valence-electron chi connectivity index (χ3n) is 3.69. The number of aryl methyl sites for hydroxylation is 1. The molecule has 0 aliphatic rings. The quantitative estimate of drug-likeness (QED) is 0.801. The van der Waals surface area contributed by atoms with Gasteiger partial charge in [0.25, 0.3) is 5.91 Å². The van der Waals surface area contributed by atoms with Crippen LogP contribution in [-0.2, 0) is 11.2 Å². The van der Waals surface area contributed by atoms with Gasteiger partial charge >= 0.3 is 0 Å². The van der Waals surface area contributed by atoms with Crippen LogP contribution in [0.25, 0.3) is 0 Å². The third kappa shape index (κ3) is 5.38. The van der Waals surface area contributed by atoms with Crippen molar-refractivity contribution >= 4 is 5.91 Å². The second kappa shape index (κ2) is 8.67. The number of amides is 1. The molecule has 4 heteroatoms. The van der Waals surface area contributed by atoms with Gasteiger partial charge in [0.2, 0.25) is 0 Å². The Kier molecular flexibility index (Phi) is 7.23. The zero-order chi connectivity index (χ0) is 15.8. The first-order valence-corrected chi connectivity index (χ1v) is 7.77. The average Bonchev–Trinajstić information content (AvgIpc) is 2.47. The summed E-state index contributed by atoms with van der Waals surface area (Å²) in [5, 5.41) is 0. The molecule has 1 aromatic rings. The minimum absolute atomic E-state index is 0.0197. The Labute approximate surface area is 128 Å². The van der Waals surface area contributed by atoms with E-state index in [0.29, 0.717) is 13.1 Å². The SMILES string of the molecule is CCC(N)Cc1cc(C)ccc1OCC(=O)N(CC)CC. The summed E-state index contributed by atoms with van der Waals surface area (Å²) in [4.78, 5) is 13.8. The number of carbonyl (C=O) groups excluding carboxylic acids is 1. The van der Waals surface area contributed by atoms with Crippen molar-refractivity contribution in [2.24, 2.45) is 5.73 Å². The predicted molar refractivity (Wildman–Crippen MR) is 86.6 cm³/mol. The molecule has 0 saturated heterocycles. The number of hydrogen-bond donors (Lipinski definition) is 1. The van der Waals surface area contributed by atoms with Crippen molar-refractivity contribution < 1.29 is 9.53 Å². The molecule has 0 aromatic heterocycles. The van der Waals surface area contributed by atoms with Crippen LogP contribution in [-0.4, -0.2) is 36.5 Å². The fourth-order valence-corrected chi connectivity index (χ4v) is 2.24. The van der Waals surface area contributed by atoms with Gasteiger partial charge in [-0.1, -0.05) is 24.6 Å². The summed E-state index contributed by atoms with van der Waals surface area (Å²) in [6.45, 7) is 9.56. The van der Waals surface area contributed by atoms with Crippen molar-refractivity contribution in [3.63, 3.8) is 0 Å². The van der Waals surface area contributed by atoms with E-state index in [1.54, 1.807) is 4.90 Å². The molecule has 1 rings (SSSR count). The standard InChI is InChI=1S/C17H28N2O2/c1-5-15(18)11-14-10-13(4)8-9-16(14)21-12-17(20)19(6-2)7-3/h8-10,15H,5-7,11-12,18H2,1-4H3. The molecule has 0 radical (unpaired) electrons. The van der Waals surface area contributed by atoms with Gasteiger partial charge in [0.05, 0.1) is 0 Å². The molecule has 0 spiro atoms. The van der Waals surface area contributed by atoms with Crippen LogP contribution in [0.1, 0.15) is 38.3 Å². The highest BCUT2D eigenvalue weighted by molar-refractivity contribution is 5.77. The van der Waals surface area contributed by atoms with Crippen molar-refractivity contribution in [1.29, 1.82) is 0 Å². The van der Waals surface area contributed by atoms with Crippen LogP contribution < -0.4 is 10.5 Å². The summed E-state index contributed by atoms with van der Waals surface area (Å²) >= 11 is 0. The van der Waals surface area contributed by atoms with Gasteiger partial charge in [-0.05, 0) is 45.2 Å². The maximum Gasteiger partial charge on any atom is 0.260 e. The number of nitrogens with zero attached hydrogens (tertiary/aromatic N) is 1. The Morgan fingerprint density at radius 3 is 2.52 bits per heavy atom. The minimum Gasteiger partial charge on any atom is -0.483 e. The smallest absolute Gasteiger partial charge is 0.260 e. The molecule has 1 amide bonds. The maximum atomic E-state index is 12.0. The van der Waals surface area contributed by atoms with Gasteiger partial charge in [-0.2, -0.15) is 0 Å². The number of benzene rings is 1. The van der Waals surface area contributed by atoms with Crippen molar-refractivity contribution in [2.75, 3.05) is 19.7 Å². The van der Waals surface area contributed by atoms with Crippen LogP contribution in [0.4, 0.5) is 0 Å². The normalized spacial score (nSPS) is 12.0. The molecule has 118 valence electrons. The van der Waals surface area contributed by atoms with E-state index in [1.165, 1.54) is 5.56 Å². The number of rotatable bonds is 8. The Bertz CT molecular complexity index is 456. The molecule has 1 unspecified atom stereocenters. The Morgan fingerprint density at radius 1 is 1.29 bits per heavy atom. The summed E-state index contributed by atoms with van der Waals surface area (Å²) in [6.07, 6.45) is 1.69. The van der Waals surface area contributed by atoms with Gasteiger partial charge in [0.1, 0.15) is 5.75 Å². The van der Waals surface area contributed by atoms with Gasteiger partial charge in [-0.15, -0.1) is 0 Å². The zero-order valence-corrected chi connectivity index (χ0v) is 13.7. The van der Waals surface area contributed by atoms with Crippen LogP contribution >= 0.6 is 0 Å². The molecule has 0 aliphatic carbocycles. The van der Waals surface area contributed by atoms with E-state index < -0.39 is 0 Å². The van der Waals surface area contributed by atoms with E-state index in [4.69, 9.17) is 10.5 Å². The molecular formula is C17H28N2O2. The van der Waals surface area contributed by atoms with Gasteiger partial charge in [-0.25, -0.2) is 0 Å². The van der Waals surface area contributed by atoms with E-state index >= 15 is 0 Å². The first-order valence-electron chi connectivity index (χ1n) is 7.77. The fraction of sp³-hybridized carbons (Fsp3) is 0.588. The Balaban J connectivity index is 2.76. The Morgan fingerprint density at radius 2 is 1.95 bits per heavy atom. The second-order valence-corrected chi connectivity index (χ2v) is 5.34. The molecule has 0 aliphatic heterocycles. The summed E-state index contributed by atoms with van der Waals surface area (Å²) in [5.41, 5.74) is 8.30. The van der Waals surface area contributed by atoms with Crippen molar-refractivity contribution in [3.05, 3.63) is 29.3 Å². The predicted octanol–water partition coefficient (Wildman–Crippen LogP) is 2.52. The molecule has 2 N–H and O–H groups in total. The molecule has 21 heavy (non-hydrogen) atoms. The first kappa shape index (κ1) is 17.5. The average molecular weight is 292 g/mol. The molecule has 1 atom stereocenters. The fourth-order valence-electron chi connectivity index (χ4n) is 2.24. The van der Waals surface area contributed by atoms with Gasteiger partial charge in [-0.3, -0.25) is 4.79 Å². The van der Waals surface area contributed by atoms with E-state index in [2.05, 4.69) is 13.0 Å². The molecule has 0 bridgehead atoms. The highest BCUT2D eigenvalue weighted by Gasteiger charge is 2.13. The second-order valence-electron chi connectivity index (χ2n) is 5.34. The number of likely N-dealkylation sites (N-methyl/N-ethyl adjacent to an activating group) is 1. The maximum absolute atomic E-state index is 12.0. The molecule has 0 heterocycles. The molecule has 0 saturated carbocycles. The number of ether oxygens (including phenoxy) is 1. The lowest BCUT2D eigenvalue weighted by Gasteiger charge is -2.20. The molecule has 4 nitrogen and oxygen atoms in total. The Hall–Kier alpha value is -1.55.